The Balaban J connectivity index is 0. The zero-order valence-corrected chi connectivity index (χ0v) is 5.82. The Morgan fingerprint density at radius 3 is 1.80 bits per heavy atom. The van der Waals surface area contributed by atoms with Crippen LogP contribution in [0.25, 0.3) is 0 Å². The Morgan fingerprint density at radius 2 is 1.80 bits per heavy atom. The minimum atomic E-state index is -0.812. The molecule has 7 N–H and O–H groups in total. The van der Waals surface area contributed by atoms with Gasteiger partial charge in [0.2, 0.25) is 5.96 Å². The second-order valence-corrected chi connectivity index (χ2v) is 1.37. The van der Waals surface area contributed by atoms with Crippen molar-refractivity contribution in [2.75, 3.05) is 0 Å². The fraction of sp³-hybridized carbons (Fsp3) is 0. The summed E-state index contributed by atoms with van der Waals surface area (Å²) in [6.45, 7) is 0. The van der Waals surface area contributed by atoms with E-state index in [0.29, 0.717) is 5.12 Å². The minimum absolute atomic E-state index is 0.352. The third-order valence-corrected chi connectivity index (χ3v) is 0.278. The van der Waals surface area contributed by atoms with E-state index in [0.717, 1.165) is 0 Å². The molecule has 0 aromatic rings. The fourth-order valence-electron chi connectivity index (χ4n) is 0. The molecule has 0 amide bonds. The topological polar surface area (TPSA) is 148 Å². The average molecular weight is 194 g/mol. The Bertz CT molecular complexity index is 119. The second kappa shape index (κ2) is 6.22. The van der Waals surface area contributed by atoms with Gasteiger partial charge in [-0.2, -0.15) is 0 Å². The van der Waals surface area contributed by atoms with E-state index in [9.17, 15) is 0 Å². The second-order valence-electron chi connectivity index (χ2n) is 0.989. The standard InChI is InChI=1S/CH7N5.Co.NO2/c2-1(3)6(4)5;;2-1-3/h4-5H2,(H3,2,3);;. The van der Waals surface area contributed by atoms with Crippen molar-refractivity contribution in [3.05, 3.63) is 10.1 Å². The number of hydrogen-bond donors (Lipinski definition) is 4. The molecule has 0 fully saturated rings. The Morgan fingerprint density at radius 1 is 1.70 bits per heavy atom. The molecule has 10 heavy (non-hydrogen) atoms. The van der Waals surface area contributed by atoms with Gasteiger partial charge in [0.15, 0.2) is 0 Å². The first-order valence-electron chi connectivity index (χ1n) is 1.79. The van der Waals surface area contributed by atoms with Gasteiger partial charge in [0.05, 0.1) is 0 Å². The molecule has 0 aromatic carbocycles. The molecule has 9 heteroatoms. The van der Waals surface area contributed by atoms with Crippen LogP contribution in [0.4, 0.5) is 0 Å². The first-order chi connectivity index (χ1) is 4.37. The number of rotatable bonds is 0. The van der Waals surface area contributed by atoms with Gasteiger partial charge in [0, 0.05) is 0 Å². The van der Waals surface area contributed by atoms with Crippen LogP contribution < -0.4 is 17.4 Å². The van der Waals surface area contributed by atoms with Gasteiger partial charge in [-0.25, -0.2) is 16.8 Å². The molecule has 0 aliphatic heterocycles. The molecule has 0 unspecified atom stereocenters. The number of nitro groups is 1. The van der Waals surface area contributed by atoms with E-state index in [2.05, 4.69) is 16.0 Å². The molecule has 0 aliphatic rings. The van der Waals surface area contributed by atoms with Crippen LogP contribution in [0.1, 0.15) is 0 Å². The average Bonchev–Trinajstić information content (AvgIpc) is 1.63. The molecule has 0 heterocycles. The fourth-order valence-corrected chi connectivity index (χ4v) is 0. The molecule has 0 bridgehead atoms. The molecule has 0 saturated heterocycles. The van der Waals surface area contributed by atoms with Crippen LogP contribution in [0.5, 0.6) is 0 Å². The van der Waals surface area contributed by atoms with Gasteiger partial charge in [-0.1, -0.05) is 0 Å². The molecule has 0 rings (SSSR count). The zero-order chi connectivity index (χ0) is 8.73. The molecule has 0 aromatic heterocycles. The number of nitrogens with zero attached hydrogens (tertiary/aromatic N) is 2. The molecule has 8 nitrogen and oxygen atoms in total. The third kappa shape index (κ3) is 27.5. The maximum absolute atomic E-state index is 8.67. The molecule has 0 spiro atoms. The number of hydrazine groups is 2. The maximum atomic E-state index is 8.67. The van der Waals surface area contributed by atoms with Gasteiger partial charge in [0.25, 0.3) is 0 Å². The monoisotopic (exact) mass is 194 g/mol. The zero-order valence-electron chi connectivity index (χ0n) is 4.78. The van der Waals surface area contributed by atoms with Crippen molar-refractivity contribution in [2.45, 2.75) is 0 Å². The van der Waals surface area contributed by atoms with Crippen molar-refractivity contribution >= 4 is 5.96 Å². The van der Waals surface area contributed by atoms with Crippen molar-refractivity contribution in [3.8, 4) is 0 Å². The summed E-state index contributed by atoms with van der Waals surface area (Å²) in [6.07, 6.45) is 0. The molecule has 0 aliphatic carbocycles. The van der Waals surface area contributed by atoms with Crippen molar-refractivity contribution < 1.29 is 19.9 Å². The molecule has 0 saturated carbocycles. The van der Waals surface area contributed by atoms with Crippen LogP contribution >= 0.6 is 0 Å². The number of nitrogens with two attached hydrogens (primary N) is 3. The van der Waals surface area contributed by atoms with Crippen LogP contribution in [0, 0.1) is 15.5 Å². The van der Waals surface area contributed by atoms with Crippen LogP contribution in [-0.4, -0.2) is 15.0 Å². The molecular formula is CH7CoN6O2. The van der Waals surface area contributed by atoms with E-state index in [1.807, 2.05) is 0 Å². The Labute approximate surface area is 64.7 Å². The first-order valence-corrected chi connectivity index (χ1v) is 2.26. The molecule has 62 valence electrons. The van der Waals surface area contributed by atoms with Crippen LogP contribution in [0.2, 0.25) is 0 Å². The van der Waals surface area contributed by atoms with Crippen LogP contribution in [-0.2, 0) is 16.0 Å². The van der Waals surface area contributed by atoms with Gasteiger partial charge in [-0.15, -0.1) is 0 Å². The predicted octanol–water partition coefficient (Wildman–Crippen LogP) is -2.35. The van der Waals surface area contributed by atoms with E-state index in [1.54, 1.807) is 0 Å². The van der Waals surface area contributed by atoms with Crippen molar-refractivity contribution in [3.63, 3.8) is 0 Å². The van der Waals surface area contributed by atoms with Crippen LogP contribution in [0.3, 0.4) is 0 Å². The summed E-state index contributed by atoms with van der Waals surface area (Å²) in [4.78, 5) is 8.67. The molecule has 0 radical (unpaired) electrons. The first kappa shape index (κ1) is 11.8. The van der Waals surface area contributed by atoms with Crippen molar-refractivity contribution in [2.24, 2.45) is 17.4 Å². The Hall–Kier alpha value is -0.904. The van der Waals surface area contributed by atoms with E-state index >= 15 is 0 Å². The van der Waals surface area contributed by atoms with E-state index in [4.69, 9.17) is 32.9 Å². The number of guanidine groups is 1. The SMILES string of the molecule is N=C(N)N(N)N.O=[N+]([O-])[Co]. The van der Waals surface area contributed by atoms with Gasteiger partial charge >= 0.3 is 30.0 Å². The normalized spacial score (nSPS) is 7.20. The summed E-state index contributed by atoms with van der Waals surface area (Å²) in [5.74, 6) is 9.04. The summed E-state index contributed by atoms with van der Waals surface area (Å²) in [6, 6.07) is 0. The molecular weight excluding hydrogens is 187 g/mol. The summed E-state index contributed by atoms with van der Waals surface area (Å²) >= 11 is 2.73. The third-order valence-electron chi connectivity index (χ3n) is 0.278. The molecule has 0 atom stereocenters. The van der Waals surface area contributed by atoms with Crippen molar-refractivity contribution in [1.82, 2.24) is 5.12 Å². The Kier molecular flexibility index (Phi) is 7.36. The predicted molar refractivity (Wildman–Crippen MR) is 29.1 cm³/mol. The van der Waals surface area contributed by atoms with Crippen LogP contribution in [0.15, 0.2) is 0 Å². The van der Waals surface area contributed by atoms with Gasteiger partial charge < -0.3 is 5.73 Å². The van der Waals surface area contributed by atoms with E-state index < -0.39 is 3.97 Å². The quantitative estimate of drug-likeness (QED) is 0.111. The number of hydrogen-bond acceptors (Lipinski definition) is 5. The van der Waals surface area contributed by atoms with E-state index in [-0.39, 0.29) is 5.96 Å². The summed E-state index contributed by atoms with van der Waals surface area (Å²) in [7, 11) is 0. The van der Waals surface area contributed by atoms with Gasteiger partial charge in [0.1, 0.15) is 0 Å². The number of nitrogens with one attached hydrogen (secondary N) is 1. The summed E-state index contributed by atoms with van der Waals surface area (Å²) < 4.78 is -0.812. The summed E-state index contributed by atoms with van der Waals surface area (Å²) in [5.41, 5.74) is 4.69. The summed E-state index contributed by atoms with van der Waals surface area (Å²) in [5, 5.41) is 15.6. The van der Waals surface area contributed by atoms with Gasteiger partial charge in [-0.3, -0.25) is 5.41 Å². The van der Waals surface area contributed by atoms with E-state index in [1.165, 1.54) is 0 Å². The van der Waals surface area contributed by atoms with Crippen molar-refractivity contribution in [1.29, 1.82) is 5.41 Å². The van der Waals surface area contributed by atoms with Gasteiger partial charge in [-0.05, 0) is 0 Å².